The zero-order valence-electron chi connectivity index (χ0n) is 15.8. The summed E-state index contributed by atoms with van der Waals surface area (Å²) in [6.07, 6.45) is 0. The van der Waals surface area contributed by atoms with Crippen molar-refractivity contribution in [2.24, 2.45) is 0 Å². The number of fused-ring (bicyclic) bond motifs is 1. The van der Waals surface area contributed by atoms with Crippen LogP contribution in [-0.2, 0) is 23.1 Å². The maximum atomic E-state index is 12.8. The Labute approximate surface area is 173 Å². The Balaban J connectivity index is 1.62. The molecule has 0 amide bonds. The third-order valence-electron chi connectivity index (χ3n) is 4.85. The van der Waals surface area contributed by atoms with Gasteiger partial charge in [-0.05, 0) is 41.8 Å². The number of hydrogen-bond donors (Lipinski definition) is 1. The van der Waals surface area contributed by atoms with E-state index in [4.69, 9.17) is 0 Å². The van der Waals surface area contributed by atoms with E-state index in [1.54, 1.807) is 22.8 Å². The van der Waals surface area contributed by atoms with Gasteiger partial charge < -0.3 is 0 Å². The van der Waals surface area contributed by atoms with Crippen LogP contribution >= 0.6 is 11.3 Å². The first kappa shape index (κ1) is 19.6. The molecule has 0 fully saturated rings. The molecule has 0 bridgehead atoms. The van der Waals surface area contributed by atoms with Crippen molar-refractivity contribution in [1.82, 2.24) is 9.29 Å². The fourth-order valence-electron chi connectivity index (χ4n) is 3.19. The minimum Gasteiger partial charge on any atom is -0.294 e. The molecule has 3 aromatic carbocycles. The Kier molecular flexibility index (Phi) is 5.36. The summed E-state index contributed by atoms with van der Waals surface area (Å²) in [6.45, 7) is 2.62. The number of nitrogens with zero attached hydrogens (tertiary/aromatic N) is 1. The van der Waals surface area contributed by atoms with Gasteiger partial charge >= 0.3 is 4.87 Å². The zero-order valence-corrected chi connectivity index (χ0v) is 17.5. The van der Waals surface area contributed by atoms with Crippen molar-refractivity contribution in [3.8, 4) is 0 Å². The maximum absolute atomic E-state index is 12.8. The fraction of sp³-hybridized carbons (Fsp3) is 0.136. The summed E-state index contributed by atoms with van der Waals surface area (Å²) >= 11 is 1.06. The first-order valence-corrected chi connectivity index (χ1v) is 11.5. The van der Waals surface area contributed by atoms with Crippen LogP contribution in [0.1, 0.15) is 16.7 Å². The molecule has 0 aliphatic carbocycles. The molecular weight excluding hydrogens is 404 g/mol. The van der Waals surface area contributed by atoms with Crippen molar-refractivity contribution < 1.29 is 8.42 Å². The van der Waals surface area contributed by atoms with Crippen molar-refractivity contribution in [1.29, 1.82) is 0 Å². The van der Waals surface area contributed by atoms with Crippen molar-refractivity contribution in [3.05, 3.63) is 99.2 Å². The molecule has 7 heteroatoms. The Hall–Kier alpha value is -2.74. The molecule has 29 heavy (non-hydrogen) atoms. The maximum Gasteiger partial charge on any atom is 0.308 e. The van der Waals surface area contributed by atoms with Crippen molar-refractivity contribution in [2.75, 3.05) is 0 Å². The van der Waals surface area contributed by atoms with Gasteiger partial charge in [0, 0.05) is 6.54 Å². The standard InChI is InChI=1S/C22H20N2O3S2/c1-16-7-5-6-10-18(16)14-23-29(26,27)19-11-12-20-21(13-19)28-22(25)24(20)15-17-8-3-2-4-9-17/h2-13,23H,14-15H2,1H3. The lowest BCUT2D eigenvalue weighted by Gasteiger charge is -2.09. The van der Waals surface area contributed by atoms with Gasteiger partial charge in [-0.3, -0.25) is 9.36 Å². The van der Waals surface area contributed by atoms with E-state index in [1.807, 2.05) is 61.5 Å². The van der Waals surface area contributed by atoms with Crippen LogP contribution in [0.15, 0.2) is 82.5 Å². The van der Waals surface area contributed by atoms with Gasteiger partial charge in [-0.2, -0.15) is 0 Å². The number of sulfonamides is 1. The van der Waals surface area contributed by atoms with Crippen LogP contribution in [0.4, 0.5) is 0 Å². The second kappa shape index (κ2) is 7.94. The van der Waals surface area contributed by atoms with Gasteiger partial charge in [0.1, 0.15) is 0 Å². The Morgan fingerprint density at radius 1 is 0.966 bits per heavy atom. The largest absolute Gasteiger partial charge is 0.308 e. The summed E-state index contributed by atoms with van der Waals surface area (Å²) in [4.78, 5) is 12.5. The SMILES string of the molecule is Cc1ccccc1CNS(=O)(=O)c1ccc2c(c1)sc(=O)n2Cc1ccccc1. The molecule has 0 saturated carbocycles. The molecular formula is C22H20N2O3S2. The Morgan fingerprint density at radius 3 is 2.45 bits per heavy atom. The van der Waals surface area contributed by atoms with Crippen LogP contribution in [0.5, 0.6) is 0 Å². The second-order valence-electron chi connectivity index (χ2n) is 6.82. The number of nitrogens with one attached hydrogen (secondary N) is 1. The summed E-state index contributed by atoms with van der Waals surface area (Å²) in [5.74, 6) is 0. The summed E-state index contributed by atoms with van der Waals surface area (Å²) in [7, 11) is -3.68. The van der Waals surface area contributed by atoms with E-state index in [2.05, 4.69) is 4.72 Å². The molecule has 148 valence electrons. The van der Waals surface area contributed by atoms with E-state index >= 15 is 0 Å². The van der Waals surface area contributed by atoms with Crippen LogP contribution in [-0.4, -0.2) is 13.0 Å². The normalized spacial score (nSPS) is 11.8. The monoisotopic (exact) mass is 424 g/mol. The highest BCUT2D eigenvalue weighted by Gasteiger charge is 2.17. The smallest absolute Gasteiger partial charge is 0.294 e. The second-order valence-corrected chi connectivity index (χ2v) is 9.58. The number of aromatic nitrogens is 1. The Bertz CT molecular complexity index is 1320. The predicted molar refractivity (Wildman–Crippen MR) is 117 cm³/mol. The average Bonchev–Trinajstić information content (AvgIpc) is 3.03. The minimum atomic E-state index is -3.68. The summed E-state index contributed by atoms with van der Waals surface area (Å²) in [5.41, 5.74) is 3.71. The third kappa shape index (κ3) is 4.17. The van der Waals surface area contributed by atoms with Crippen molar-refractivity contribution in [3.63, 3.8) is 0 Å². The highest BCUT2D eigenvalue weighted by Crippen LogP contribution is 2.23. The average molecular weight is 425 g/mol. The van der Waals surface area contributed by atoms with Crippen LogP contribution in [0.3, 0.4) is 0 Å². The molecule has 1 heterocycles. The molecule has 4 rings (SSSR count). The number of hydrogen-bond acceptors (Lipinski definition) is 4. The quantitative estimate of drug-likeness (QED) is 0.510. The van der Waals surface area contributed by atoms with Crippen molar-refractivity contribution >= 4 is 31.6 Å². The van der Waals surface area contributed by atoms with Gasteiger partial charge in [0.05, 0.1) is 21.7 Å². The lowest BCUT2D eigenvalue weighted by atomic mass is 10.1. The van der Waals surface area contributed by atoms with Crippen LogP contribution in [0.2, 0.25) is 0 Å². The van der Waals surface area contributed by atoms with E-state index in [-0.39, 0.29) is 16.3 Å². The van der Waals surface area contributed by atoms with E-state index in [0.29, 0.717) is 11.2 Å². The first-order chi connectivity index (χ1) is 13.9. The number of rotatable bonds is 6. The topological polar surface area (TPSA) is 68.2 Å². The van der Waals surface area contributed by atoms with Crippen LogP contribution in [0.25, 0.3) is 10.2 Å². The van der Waals surface area contributed by atoms with Gasteiger partial charge in [-0.15, -0.1) is 0 Å². The summed E-state index contributed by atoms with van der Waals surface area (Å²) < 4.78 is 30.5. The molecule has 0 atom stereocenters. The van der Waals surface area contributed by atoms with Gasteiger partial charge in [0.15, 0.2) is 0 Å². The predicted octanol–water partition coefficient (Wildman–Crippen LogP) is 3.90. The molecule has 0 spiro atoms. The van der Waals surface area contributed by atoms with Gasteiger partial charge in [0.25, 0.3) is 0 Å². The minimum absolute atomic E-state index is 0.105. The molecule has 5 nitrogen and oxygen atoms in total. The van der Waals surface area contributed by atoms with Gasteiger partial charge in [-0.25, -0.2) is 13.1 Å². The molecule has 0 saturated heterocycles. The Morgan fingerprint density at radius 2 is 1.69 bits per heavy atom. The summed E-state index contributed by atoms with van der Waals surface area (Å²) in [5, 5.41) is 0. The molecule has 0 aliphatic heterocycles. The van der Waals surface area contributed by atoms with Crippen molar-refractivity contribution in [2.45, 2.75) is 24.9 Å². The molecule has 4 aromatic rings. The molecule has 0 aliphatic rings. The lowest BCUT2D eigenvalue weighted by Crippen LogP contribution is -2.23. The number of benzene rings is 3. The first-order valence-electron chi connectivity index (χ1n) is 9.15. The van der Waals surface area contributed by atoms with E-state index in [0.717, 1.165) is 33.5 Å². The summed E-state index contributed by atoms with van der Waals surface area (Å²) in [6, 6.07) is 22.2. The zero-order chi connectivity index (χ0) is 20.4. The van der Waals surface area contributed by atoms with Gasteiger partial charge in [-0.1, -0.05) is 65.9 Å². The van der Waals surface area contributed by atoms with E-state index in [9.17, 15) is 13.2 Å². The van der Waals surface area contributed by atoms with E-state index in [1.165, 1.54) is 0 Å². The van der Waals surface area contributed by atoms with Gasteiger partial charge in [0.2, 0.25) is 10.0 Å². The molecule has 0 unspecified atom stereocenters. The van der Waals surface area contributed by atoms with Crippen LogP contribution in [0, 0.1) is 6.92 Å². The third-order valence-corrected chi connectivity index (χ3v) is 7.19. The van der Waals surface area contributed by atoms with E-state index < -0.39 is 10.0 Å². The highest BCUT2D eigenvalue weighted by atomic mass is 32.2. The molecule has 0 radical (unpaired) electrons. The lowest BCUT2D eigenvalue weighted by molar-refractivity contribution is 0.581. The highest BCUT2D eigenvalue weighted by molar-refractivity contribution is 7.89. The number of aryl methyl sites for hydroxylation is 1. The van der Waals surface area contributed by atoms with Crippen LogP contribution < -0.4 is 9.60 Å². The number of thiazole rings is 1. The fourth-order valence-corrected chi connectivity index (χ4v) is 5.23. The molecule has 1 N–H and O–H groups in total. The molecule has 1 aromatic heterocycles.